The molecular formula is C25H32N2O4. The highest BCUT2D eigenvalue weighted by molar-refractivity contribution is 6.07. The number of hydrogen-bond donors (Lipinski definition) is 1. The first-order valence-corrected chi connectivity index (χ1v) is 11.8. The van der Waals surface area contributed by atoms with Gasteiger partial charge in [-0.05, 0) is 93.4 Å². The van der Waals surface area contributed by atoms with E-state index >= 15 is 0 Å². The number of rotatable bonds is 3. The van der Waals surface area contributed by atoms with E-state index in [-0.39, 0.29) is 23.3 Å². The van der Waals surface area contributed by atoms with Crippen molar-refractivity contribution in [1.29, 1.82) is 0 Å². The fourth-order valence-corrected chi connectivity index (χ4v) is 8.63. The third-order valence-corrected chi connectivity index (χ3v) is 9.87. The number of methoxy groups -OCH3 is 1. The maximum absolute atomic E-state index is 13.7. The quantitative estimate of drug-likeness (QED) is 0.757. The van der Waals surface area contributed by atoms with E-state index in [1.807, 2.05) is 19.9 Å². The van der Waals surface area contributed by atoms with Crippen LogP contribution >= 0.6 is 0 Å². The van der Waals surface area contributed by atoms with Gasteiger partial charge in [0, 0.05) is 18.5 Å². The molecule has 5 aliphatic rings. The molecule has 6 nitrogen and oxygen atoms in total. The minimum Gasteiger partial charge on any atom is -0.497 e. The van der Waals surface area contributed by atoms with E-state index in [9.17, 15) is 14.7 Å². The van der Waals surface area contributed by atoms with Crippen LogP contribution in [0.1, 0.15) is 63.5 Å². The van der Waals surface area contributed by atoms with Gasteiger partial charge in [-0.3, -0.25) is 9.69 Å². The van der Waals surface area contributed by atoms with Crippen LogP contribution in [0.2, 0.25) is 0 Å². The number of carbonyl (C=O) groups excluding carboxylic acids is 2. The largest absolute Gasteiger partial charge is 0.497 e. The summed E-state index contributed by atoms with van der Waals surface area (Å²) in [6.07, 6.45) is 5.75. The average Bonchev–Trinajstić information content (AvgIpc) is 3.01. The number of hydrogen-bond acceptors (Lipinski definition) is 4. The molecule has 3 saturated carbocycles. The molecule has 1 aromatic rings. The van der Waals surface area contributed by atoms with Crippen molar-refractivity contribution in [1.82, 2.24) is 9.80 Å². The molecule has 1 aliphatic heterocycles. The Balaban J connectivity index is 1.57. The van der Waals surface area contributed by atoms with Gasteiger partial charge in [0.2, 0.25) is 0 Å². The first kappa shape index (κ1) is 19.6. The number of fused-ring (bicyclic) bond motifs is 2. The number of ether oxygens (including phenoxy) is 1. The van der Waals surface area contributed by atoms with Crippen molar-refractivity contribution >= 4 is 11.9 Å². The number of aliphatic hydroxyl groups is 1. The SMILES string of the molecule is CCN1C(=O)N(CC)[C@]2(CC[C@@]3(O)[C@@H]4CCC45Cc4ccc(OC)cc4[C@@]3(C5)C2)C1=O. The van der Waals surface area contributed by atoms with Crippen LogP contribution in [0.15, 0.2) is 18.2 Å². The van der Waals surface area contributed by atoms with Crippen molar-refractivity contribution in [3.05, 3.63) is 29.3 Å². The van der Waals surface area contributed by atoms with E-state index in [2.05, 4.69) is 12.1 Å². The minimum absolute atomic E-state index is 0.0680. The number of likely N-dealkylation sites (N-methyl/N-ethyl adjacent to an activating group) is 2. The summed E-state index contributed by atoms with van der Waals surface area (Å²) in [5, 5.41) is 12.4. The normalized spacial score (nSPS) is 42.4. The van der Waals surface area contributed by atoms with Gasteiger partial charge in [0.25, 0.3) is 5.91 Å². The topological polar surface area (TPSA) is 70.1 Å². The van der Waals surface area contributed by atoms with Gasteiger partial charge in [0.05, 0.1) is 12.7 Å². The number of imide groups is 1. The lowest BCUT2D eigenvalue weighted by Crippen LogP contribution is -2.65. The molecule has 1 unspecified atom stereocenters. The monoisotopic (exact) mass is 424 g/mol. The Morgan fingerprint density at radius 1 is 1.13 bits per heavy atom. The molecule has 3 amide bonds. The molecule has 4 fully saturated rings. The van der Waals surface area contributed by atoms with E-state index in [0.29, 0.717) is 32.4 Å². The molecule has 5 atom stereocenters. The molecule has 1 N–H and O–H groups in total. The van der Waals surface area contributed by atoms with Crippen molar-refractivity contribution in [3.8, 4) is 5.75 Å². The van der Waals surface area contributed by atoms with Gasteiger partial charge in [-0.1, -0.05) is 6.07 Å². The Hall–Kier alpha value is -2.08. The second kappa shape index (κ2) is 5.83. The molecule has 1 heterocycles. The van der Waals surface area contributed by atoms with E-state index in [1.54, 1.807) is 12.0 Å². The summed E-state index contributed by atoms with van der Waals surface area (Å²) < 4.78 is 5.57. The summed E-state index contributed by atoms with van der Waals surface area (Å²) in [5.41, 5.74) is 0.390. The molecule has 4 aliphatic carbocycles. The van der Waals surface area contributed by atoms with Crippen LogP contribution in [-0.2, 0) is 16.6 Å². The van der Waals surface area contributed by atoms with E-state index < -0.39 is 16.6 Å². The standard InChI is InChI=1S/C25H32N2O4/c1-4-26-20(28)24(27(5-2)21(26)29)10-11-25(30)19-8-9-22(19)13-16-6-7-17(31-3)12-18(16)23(25,14-22)15-24/h6-7,12,19,30H,4-5,8-11,13-15H2,1-3H3/t19-,22?,23-,24+,25-/m1/s1. The second-order valence-corrected chi connectivity index (χ2v) is 10.6. The van der Waals surface area contributed by atoms with Crippen LogP contribution in [0, 0.1) is 11.3 Å². The zero-order valence-electron chi connectivity index (χ0n) is 18.7. The van der Waals surface area contributed by atoms with Gasteiger partial charge in [-0.2, -0.15) is 0 Å². The average molecular weight is 425 g/mol. The van der Waals surface area contributed by atoms with Gasteiger partial charge in [0.15, 0.2) is 0 Å². The molecule has 3 spiro atoms. The molecule has 1 saturated heterocycles. The highest BCUT2D eigenvalue weighted by atomic mass is 16.5. The summed E-state index contributed by atoms with van der Waals surface area (Å²) >= 11 is 0. The van der Waals surface area contributed by atoms with Gasteiger partial charge in [0.1, 0.15) is 11.3 Å². The Morgan fingerprint density at radius 2 is 1.94 bits per heavy atom. The lowest BCUT2D eigenvalue weighted by molar-refractivity contribution is -0.153. The molecule has 6 heteroatoms. The fraction of sp³-hybridized carbons (Fsp3) is 0.680. The van der Waals surface area contributed by atoms with Crippen LogP contribution in [0.4, 0.5) is 4.79 Å². The first-order chi connectivity index (χ1) is 14.8. The van der Waals surface area contributed by atoms with Crippen molar-refractivity contribution in [3.63, 3.8) is 0 Å². The molecular weight excluding hydrogens is 392 g/mol. The lowest BCUT2D eigenvalue weighted by atomic mass is 9.54. The Morgan fingerprint density at radius 3 is 2.58 bits per heavy atom. The molecule has 166 valence electrons. The van der Waals surface area contributed by atoms with Gasteiger partial charge >= 0.3 is 6.03 Å². The highest BCUT2D eigenvalue weighted by Crippen LogP contribution is 2.77. The van der Waals surface area contributed by atoms with Crippen molar-refractivity contribution in [2.24, 2.45) is 11.3 Å². The second-order valence-electron chi connectivity index (χ2n) is 10.6. The maximum Gasteiger partial charge on any atom is 0.327 e. The molecule has 31 heavy (non-hydrogen) atoms. The Bertz CT molecular complexity index is 1010. The molecule has 6 rings (SSSR count). The van der Waals surface area contributed by atoms with Gasteiger partial charge < -0.3 is 14.7 Å². The predicted octanol–water partition coefficient (Wildman–Crippen LogP) is 3.25. The van der Waals surface area contributed by atoms with Gasteiger partial charge in [-0.15, -0.1) is 0 Å². The van der Waals surface area contributed by atoms with Crippen LogP contribution in [0.5, 0.6) is 5.75 Å². The summed E-state index contributed by atoms with van der Waals surface area (Å²) in [5.74, 6) is 1.00. The molecule has 1 aromatic carbocycles. The summed E-state index contributed by atoms with van der Waals surface area (Å²) in [7, 11) is 1.67. The van der Waals surface area contributed by atoms with E-state index in [0.717, 1.165) is 37.0 Å². The lowest BCUT2D eigenvalue weighted by Gasteiger charge is -2.56. The third-order valence-electron chi connectivity index (χ3n) is 9.87. The first-order valence-electron chi connectivity index (χ1n) is 11.8. The summed E-state index contributed by atoms with van der Waals surface area (Å²) in [4.78, 5) is 30.1. The van der Waals surface area contributed by atoms with Crippen LogP contribution in [0.25, 0.3) is 0 Å². The number of urea groups is 1. The zero-order valence-corrected chi connectivity index (χ0v) is 18.7. The third kappa shape index (κ3) is 1.96. The Kier molecular flexibility index (Phi) is 3.68. The Labute approximate surface area is 183 Å². The van der Waals surface area contributed by atoms with Crippen LogP contribution in [0.3, 0.4) is 0 Å². The number of benzene rings is 1. The zero-order chi connectivity index (χ0) is 21.8. The number of amides is 3. The smallest absolute Gasteiger partial charge is 0.327 e. The predicted molar refractivity (Wildman–Crippen MR) is 115 cm³/mol. The van der Waals surface area contributed by atoms with Crippen molar-refractivity contribution < 1.29 is 19.4 Å². The number of carbonyl (C=O) groups is 2. The van der Waals surface area contributed by atoms with Crippen LogP contribution in [-0.4, -0.2) is 58.2 Å². The molecule has 2 bridgehead atoms. The van der Waals surface area contributed by atoms with E-state index in [4.69, 9.17) is 4.74 Å². The minimum atomic E-state index is -0.850. The maximum atomic E-state index is 13.7. The fourth-order valence-electron chi connectivity index (χ4n) is 8.63. The van der Waals surface area contributed by atoms with Crippen molar-refractivity contribution in [2.75, 3.05) is 20.2 Å². The summed E-state index contributed by atoms with van der Waals surface area (Å²) in [6, 6.07) is 6.11. The van der Waals surface area contributed by atoms with E-state index in [1.165, 1.54) is 10.5 Å². The molecule has 0 aromatic heterocycles. The molecule has 0 radical (unpaired) electrons. The highest BCUT2D eigenvalue weighted by Gasteiger charge is 2.78. The van der Waals surface area contributed by atoms with Crippen molar-refractivity contribution in [2.45, 2.75) is 75.3 Å². The van der Waals surface area contributed by atoms with Gasteiger partial charge in [-0.25, -0.2) is 4.79 Å². The summed E-state index contributed by atoms with van der Waals surface area (Å²) in [6.45, 7) is 4.73. The van der Waals surface area contributed by atoms with Crippen LogP contribution < -0.4 is 4.74 Å². The number of nitrogens with zero attached hydrogens (tertiary/aromatic N) is 2.